The first kappa shape index (κ1) is 10.7. The Morgan fingerprint density at radius 1 is 1.35 bits per heavy atom. The van der Waals surface area contributed by atoms with Gasteiger partial charge in [-0.2, -0.15) is 0 Å². The van der Waals surface area contributed by atoms with E-state index in [1.807, 2.05) is 6.07 Å². The Hall–Kier alpha value is -1.39. The molecule has 0 bridgehead atoms. The number of para-hydroxylation sites is 2. The molecule has 2 aromatic heterocycles. The summed E-state index contributed by atoms with van der Waals surface area (Å²) >= 11 is 1.72. The number of aromatic nitrogens is 2. The van der Waals surface area contributed by atoms with Crippen LogP contribution in [0.3, 0.4) is 0 Å². The first-order valence-electron chi connectivity index (χ1n) is 5.92. The molecule has 3 rings (SSSR count). The second kappa shape index (κ2) is 4.13. The van der Waals surface area contributed by atoms with Gasteiger partial charge < -0.3 is 5.32 Å². The summed E-state index contributed by atoms with van der Waals surface area (Å²) in [5, 5.41) is 4.56. The van der Waals surface area contributed by atoms with E-state index < -0.39 is 0 Å². The summed E-state index contributed by atoms with van der Waals surface area (Å²) < 4.78 is 2.28. The lowest BCUT2D eigenvalue weighted by atomic mass is 10.3. The van der Waals surface area contributed by atoms with E-state index in [0.717, 1.165) is 17.0 Å². The summed E-state index contributed by atoms with van der Waals surface area (Å²) in [4.78, 5) is 5.73. The number of nitrogens with zero attached hydrogens (tertiary/aromatic N) is 2. The zero-order valence-electron chi connectivity index (χ0n) is 10.1. The molecule has 4 heteroatoms. The van der Waals surface area contributed by atoms with E-state index in [9.17, 15) is 0 Å². The molecule has 88 valence electrons. The van der Waals surface area contributed by atoms with Gasteiger partial charge in [0.1, 0.15) is 6.54 Å². The van der Waals surface area contributed by atoms with Crippen molar-refractivity contribution in [2.75, 3.05) is 0 Å². The predicted molar refractivity (Wildman–Crippen MR) is 71.3 cm³/mol. The van der Waals surface area contributed by atoms with Gasteiger partial charge in [0, 0.05) is 5.38 Å². The SMILES string of the molecule is CC(C)[NH2+]Cc1csc2nc3ccccc3n12. The molecule has 0 unspecified atom stereocenters. The average Bonchev–Trinajstić information content (AvgIpc) is 2.84. The predicted octanol–water partition coefficient (Wildman–Crippen LogP) is 2.02. The second-order valence-electron chi connectivity index (χ2n) is 4.63. The topological polar surface area (TPSA) is 33.9 Å². The second-order valence-corrected chi connectivity index (χ2v) is 5.47. The van der Waals surface area contributed by atoms with Crippen molar-refractivity contribution in [3.05, 3.63) is 35.3 Å². The largest absolute Gasteiger partial charge is 0.339 e. The summed E-state index contributed by atoms with van der Waals surface area (Å²) in [6.45, 7) is 5.45. The molecule has 0 spiro atoms. The number of nitrogens with two attached hydrogens (primary N) is 1. The lowest BCUT2D eigenvalue weighted by Gasteiger charge is -2.04. The van der Waals surface area contributed by atoms with E-state index in [2.05, 4.69) is 52.1 Å². The first-order valence-corrected chi connectivity index (χ1v) is 6.80. The molecule has 0 amide bonds. The molecule has 17 heavy (non-hydrogen) atoms. The van der Waals surface area contributed by atoms with Crippen molar-refractivity contribution in [3.63, 3.8) is 0 Å². The Labute approximate surface area is 104 Å². The highest BCUT2D eigenvalue weighted by molar-refractivity contribution is 7.15. The van der Waals surface area contributed by atoms with Gasteiger partial charge in [-0.15, -0.1) is 11.3 Å². The highest BCUT2D eigenvalue weighted by Gasteiger charge is 2.11. The van der Waals surface area contributed by atoms with Crippen LogP contribution in [0.5, 0.6) is 0 Å². The van der Waals surface area contributed by atoms with E-state index >= 15 is 0 Å². The van der Waals surface area contributed by atoms with Gasteiger partial charge in [0.15, 0.2) is 4.96 Å². The van der Waals surface area contributed by atoms with Crippen LogP contribution in [0, 0.1) is 0 Å². The Bertz CT molecular complexity index is 651. The Morgan fingerprint density at radius 3 is 3.00 bits per heavy atom. The number of rotatable bonds is 3. The van der Waals surface area contributed by atoms with Crippen molar-refractivity contribution in [2.24, 2.45) is 0 Å². The molecule has 0 radical (unpaired) electrons. The minimum atomic E-state index is 0.625. The molecule has 1 aromatic carbocycles. The first-order chi connectivity index (χ1) is 8.25. The summed E-state index contributed by atoms with van der Waals surface area (Å²) in [7, 11) is 0. The molecular formula is C13H16N3S+. The van der Waals surface area contributed by atoms with E-state index in [-0.39, 0.29) is 0 Å². The smallest absolute Gasteiger partial charge is 0.195 e. The van der Waals surface area contributed by atoms with Crippen LogP contribution < -0.4 is 5.32 Å². The molecule has 0 aliphatic rings. The average molecular weight is 246 g/mol. The molecule has 0 aliphatic heterocycles. The lowest BCUT2D eigenvalue weighted by Crippen LogP contribution is -2.87. The van der Waals surface area contributed by atoms with Gasteiger partial charge in [-0.25, -0.2) is 4.98 Å². The lowest BCUT2D eigenvalue weighted by molar-refractivity contribution is -0.698. The summed E-state index contributed by atoms with van der Waals surface area (Å²) in [5.74, 6) is 0. The molecule has 0 atom stereocenters. The molecule has 2 N–H and O–H groups in total. The maximum Gasteiger partial charge on any atom is 0.195 e. The zero-order valence-corrected chi connectivity index (χ0v) is 10.9. The fraction of sp³-hybridized carbons (Fsp3) is 0.308. The van der Waals surface area contributed by atoms with Crippen molar-refractivity contribution >= 4 is 27.3 Å². The number of quaternary nitrogens is 1. The third-order valence-electron chi connectivity index (χ3n) is 2.92. The number of fused-ring (bicyclic) bond motifs is 3. The number of imidazole rings is 1. The maximum atomic E-state index is 4.63. The van der Waals surface area contributed by atoms with Crippen LogP contribution in [0.1, 0.15) is 19.5 Å². The molecule has 2 heterocycles. The van der Waals surface area contributed by atoms with Gasteiger partial charge in [-0.05, 0) is 26.0 Å². The number of thiazole rings is 1. The summed E-state index contributed by atoms with van der Waals surface area (Å²) in [5.41, 5.74) is 3.65. The molecular weight excluding hydrogens is 230 g/mol. The van der Waals surface area contributed by atoms with Gasteiger partial charge in [0.25, 0.3) is 0 Å². The molecule has 0 aliphatic carbocycles. The van der Waals surface area contributed by atoms with E-state index in [1.54, 1.807) is 11.3 Å². The monoisotopic (exact) mass is 246 g/mol. The Morgan fingerprint density at radius 2 is 2.18 bits per heavy atom. The minimum Gasteiger partial charge on any atom is -0.339 e. The van der Waals surface area contributed by atoms with Crippen molar-refractivity contribution in [3.8, 4) is 0 Å². The Balaban J connectivity index is 2.12. The van der Waals surface area contributed by atoms with Gasteiger partial charge in [0.05, 0.1) is 22.8 Å². The fourth-order valence-electron chi connectivity index (χ4n) is 2.03. The van der Waals surface area contributed by atoms with Crippen LogP contribution >= 0.6 is 11.3 Å². The van der Waals surface area contributed by atoms with Crippen LogP contribution in [0.4, 0.5) is 0 Å². The van der Waals surface area contributed by atoms with E-state index in [1.165, 1.54) is 11.2 Å². The highest BCUT2D eigenvalue weighted by Crippen LogP contribution is 2.22. The quantitative estimate of drug-likeness (QED) is 0.753. The van der Waals surface area contributed by atoms with Crippen LogP contribution in [-0.4, -0.2) is 15.4 Å². The molecule has 3 nitrogen and oxygen atoms in total. The molecule has 0 saturated carbocycles. The van der Waals surface area contributed by atoms with Crippen molar-refractivity contribution < 1.29 is 5.32 Å². The highest BCUT2D eigenvalue weighted by atomic mass is 32.1. The summed E-state index contributed by atoms with van der Waals surface area (Å²) in [6, 6.07) is 8.95. The normalized spacial score (nSPS) is 11.9. The molecule has 0 fully saturated rings. The van der Waals surface area contributed by atoms with Gasteiger partial charge >= 0.3 is 0 Å². The molecule has 0 saturated heterocycles. The summed E-state index contributed by atoms with van der Waals surface area (Å²) in [6.07, 6.45) is 0. The Kier molecular flexibility index (Phi) is 2.61. The number of hydrogen-bond acceptors (Lipinski definition) is 2. The van der Waals surface area contributed by atoms with Crippen molar-refractivity contribution in [2.45, 2.75) is 26.4 Å². The van der Waals surface area contributed by atoms with Gasteiger partial charge in [-0.1, -0.05) is 12.1 Å². The van der Waals surface area contributed by atoms with Crippen molar-refractivity contribution in [1.29, 1.82) is 0 Å². The number of benzene rings is 1. The van der Waals surface area contributed by atoms with E-state index in [0.29, 0.717) is 6.04 Å². The third-order valence-corrected chi connectivity index (χ3v) is 3.79. The van der Waals surface area contributed by atoms with Gasteiger partial charge in [0.2, 0.25) is 0 Å². The van der Waals surface area contributed by atoms with Crippen LogP contribution in [0.25, 0.3) is 16.0 Å². The zero-order chi connectivity index (χ0) is 11.8. The van der Waals surface area contributed by atoms with Crippen LogP contribution in [0.2, 0.25) is 0 Å². The fourth-order valence-corrected chi connectivity index (χ4v) is 2.94. The van der Waals surface area contributed by atoms with Gasteiger partial charge in [-0.3, -0.25) is 4.40 Å². The molecule has 3 aromatic rings. The number of hydrogen-bond donors (Lipinski definition) is 1. The third kappa shape index (κ3) is 1.83. The maximum absolute atomic E-state index is 4.63. The standard InChI is InChI=1S/C13H15N3S/c1-9(2)14-7-10-8-17-13-15-11-5-3-4-6-12(11)16(10)13/h3-6,8-9,14H,7H2,1-2H3/p+1. The minimum absolute atomic E-state index is 0.625. The van der Waals surface area contributed by atoms with Crippen molar-refractivity contribution in [1.82, 2.24) is 9.38 Å². The van der Waals surface area contributed by atoms with Crippen LogP contribution in [-0.2, 0) is 6.54 Å². The van der Waals surface area contributed by atoms with E-state index in [4.69, 9.17) is 0 Å². The van der Waals surface area contributed by atoms with Crippen LogP contribution in [0.15, 0.2) is 29.6 Å².